The molecule has 0 saturated carbocycles. The zero-order chi connectivity index (χ0) is 20.8. The number of nitrogens with one attached hydrogen (secondary N) is 1. The number of benzene rings is 2. The van der Waals surface area contributed by atoms with Crippen LogP contribution in [0.25, 0.3) is 16.9 Å². The van der Waals surface area contributed by atoms with E-state index in [0.717, 1.165) is 10.3 Å². The van der Waals surface area contributed by atoms with Gasteiger partial charge in [0.1, 0.15) is 5.52 Å². The maximum absolute atomic E-state index is 13.3. The number of rotatable bonds is 4. The minimum Gasteiger partial charge on any atom is -0.324 e. The molecule has 0 amide bonds. The highest BCUT2D eigenvalue weighted by Gasteiger charge is 2.21. The second-order valence-electron chi connectivity index (χ2n) is 6.60. The molecule has 0 atom stereocenters. The maximum Gasteiger partial charge on any atom is 0.359 e. The Bertz CT molecular complexity index is 1490. The Morgan fingerprint density at radius 3 is 2.37 bits per heavy atom. The molecule has 0 unspecified atom stereocenters. The molecule has 0 bridgehead atoms. The summed E-state index contributed by atoms with van der Waals surface area (Å²) in [6, 6.07) is 15.8. The van der Waals surface area contributed by atoms with E-state index in [1.54, 1.807) is 28.9 Å². The number of aromatic nitrogens is 6. The molecule has 1 N–H and O–H groups in total. The summed E-state index contributed by atoms with van der Waals surface area (Å²) in [7, 11) is 0. The summed E-state index contributed by atoms with van der Waals surface area (Å²) < 4.78 is 5.25. The van der Waals surface area contributed by atoms with Crippen LogP contribution in [0.15, 0.2) is 70.4 Å². The van der Waals surface area contributed by atoms with Gasteiger partial charge in [0.25, 0.3) is 0 Å². The summed E-state index contributed by atoms with van der Waals surface area (Å²) >= 11 is 5.96. The quantitative estimate of drug-likeness (QED) is 0.482. The monoisotopic (exact) mass is 421 g/mol. The average molecular weight is 422 g/mol. The molecule has 3 heterocycles. The molecular weight excluding hydrogens is 406 g/mol. The molecule has 0 fully saturated rings. The summed E-state index contributed by atoms with van der Waals surface area (Å²) in [5.74, 6) is 0.207. The van der Waals surface area contributed by atoms with Gasteiger partial charge >= 0.3 is 11.4 Å². The molecule has 0 saturated heterocycles. The number of nitrogens with zero attached hydrogens (tertiary/aromatic N) is 6. The van der Waals surface area contributed by atoms with Crippen LogP contribution >= 0.6 is 11.6 Å². The van der Waals surface area contributed by atoms with Gasteiger partial charge in [-0.15, -0.1) is 0 Å². The van der Waals surface area contributed by atoms with Crippen molar-refractivity contribution < 1.29 is 0 Å². The Morgan fingerprint density at radius 2 is 1.67 bits per heavy atom. The first-order valence-electron chi connectivity index (χ1n) is 9.29. The van der Waals surface area contributed by atoms with E-state index in [4.69, 9.17) is 11.6 Å². The second-order valence-corrected chi connectivity index (χ2v) is 7.03. The van der Waals surface area contributed by atoms with E-state index in [1.165, 1.54) is 15.2 Å². The molecule has 2 aromatic carbocycles. The van der Waals surface area contributed by atoms with Crippen LogP contribution in [0.1, 0.15) is 6.92 Å². The van der Waals surface area contributed by atoms with E-state index in [-0.39, 0.29) is 5.95 Å². The highest BCUT2D eigenvalue weighted by atomic mass is 35.5. The molecule has 10 heteroatoms. The largest absolute Gasteiger partial charge is 0.359 e. The number of para-hydroxylation sites is 1. The lowest BCUT2D eigenvalue weighted by molar-refractivity contribution is 0.674. The van der Waals surface area contributed by atoms with Crippen molar-refractivity contribution in [3.05, 3.63) is 86.8 Å². The lowest BCUT2D eigenvalue weighted by atomic mass is 10.3. The van der Waals surface area contributed by atoms with Gasteiger partial charge in [0, 0.05) is 17.3 Å². The summed E-state index contributed by atoms with van der Waals surface area (Å²) in [5, 5.41) is 7.95. The number of anilines is 2. The van der Waals surface area contributed by atoms with Crippen LogP contribution < -0.4 is 16.7 Å². The summed E-state index contributed by atoms with van der Waals surface area (Å²) in [6.07, 6.45) is 1.53. The lowest BCUT2D eigenvalue weighted by Gasteiger charge is -2.09. The van der Waals surface area contributed by atoms with Crippen LogP contribution in [-0.4, -0.2) is 28.4 Å². The Hall–Kier alpha value is -3.85. The van der Waals surface area contributed by atoms with Crippen molar-refractivity contribution in [3.63, 3.8) is 0 Å². The van der Waals surface area contributed by atoms with Crippen molar-refractivity contribution in [2.24, 2.45) is 0 Å². The zero-order valence-electron chi connectivity index (χ0n) is 15.9. The van der Waals surface area contributed by atoms with Gasteiger partial charge in [-0.25, -0.2) is 18.8 Å². The van der Waals surface area contributed by atoms with Crippen molar-refractivity contribution in [2.45, 2.75) is 13.5 Å². The average Bonchev–Trinajstić information content (AvgIpc) is 3.28. The molecule has 5 rings (SSSR count). The first kappa shape index (κ1) is 18.2. The first-order valence-corrected chi connectivity index (χ1v) is 9.66. The minimum absolute atomic E-state index is 0.207. The molecule has 150 valence electrons. The van der Waals surface area contributed by atoms with Crippen LogP contribution in [-0.2, 0) is 6.54 Å². The maximum atomic E-state index is 13.3. The van der Waals surface area contributed by atoms with E-state index >= 15 is 0 Å². The summed E-state index contributed by atoms with van der Waals surface area (Å²) in [4.78, 5) is 31.3. The van der Waals surface area contributed by atoms with Crippen molar-refractivity contribution in [1.82, 2.24) is 28.4 Å². The van der Waals surface area contributed by atoms with E-state index in [1.807, 2.05) is 37.3 Å². The Labute approximate surface area is 174 Å². The van der Waals surface area contributed by atoms with Gasteiger partial charge in [-0.2, -0.15) is 19.1 Å². The fraction of sp³-hybridized carbons (Fsp3) is 0.100. The highest BCUT2D eigenvalue weighted by Crippen LogP contribution is 2.18. The molecule has 5 aromatic rings. The molecule has 0 radical (unpaired) electrons. The van der Waals surface area contributed by atoms with E-state index in [9.17, 15) is 9.59 Å². The fourth-order valence-electron chi connectivity index (χ4n) is 3.39. The molecule has 3 aromatic heterocycles. The van der Waals surface area contributed by atoms with Crippen molar-refractivity contribution in [2.75, 3.05) is 5.32 Å². The minimum atomic E-state index is -0.556. The third-order valence-electron chi connectivity index (χ3n) is 4.79. The normalized spacial score (nSPS) is 11.4. The third-order valence-corrected chi connectivity index (χ3v) is 5.04. The molecule has 30 heavy (non-hydrogen) atoms. The number of hydrogen-bond donors (Lipinski definition) is 1. The SMILES string of the molecule is CCn1ncc2c1nc(Nc1ccccc1)n1c(=O)n(-c3ccc(Cl)cc3)c(=O)n21. The summed E-state index contributed by atoms with van der Waals surface area (Å²) in [6.45, 7) is 2.49. The van der Waals surface area contributed by atoms with Crippen molar-refractivity contribution >= 4 is 34.4 Å². The predicted octanol–water partition coefficient (Wildman–Crippen LogP) is 2.71. The summed E-state index contributed by atoms with van der Waals surface area (Å²) in [5.41, 5.74) is 0.983. The van der Waals surface area contributed by atoms with Crippen LogP contribution in [0, 0.1) is 0 Å². The van der Waals surface area contributed by atoms with Crippen LogP contribution in [0.3, 0.4) is 0 Å². The number of fused-ring (bicyclic) bond motifs is 3. The topological polar surface area (TPSA) is 90.6 Å². The van der Waals surface area contributed by atoms with Gasteiger partial charge in [0.05, 0.1) is 11.9 Å². The molecule has 9 nitrogen and oxygen atoms in total. The lowest BCUT2D eigenvalue weighted by Crippen LogP contribution is -2.26. The predicted molar refractivity (Wildman–Crippen MR) is 114 cm³/mol. The van der Waals surface area contributed by atoms with E-state index in [0.29, 0.717) is 28.4 Å². The van der Waals surface area contributed by atoms with Crippen LogP contribution in [0.5, 0.6) is 0 Å². The Kier molecular flexibility index (Phi) is 4.18. The van der Waals surface area contributed by atoms with Crippen molar-refractivity contribution in [1.29, 1.82) is 0 Å². The van der Waals surface area contributed by atoms with Gasteiger partial charge in [-0.1, -0.05) is 29.8 Å². The van der Waals surface area contributed by atoms with Crippen LogP contribution in [0.2, 0.25) is 5.02 Å². The molecule has 0 aliphatic rings. The third kappa shape index (κ3) is 2.71. The molecular formula is C20H16ClN7O2. The Morgan fingerprint density at radius 1 is 0.967 bits per heavy atom. The number of halogens is 1. The fourth-order valence-corrected chi connectivity index (χ4v) is 3.52. The molecule has 0 spiro atoms. The smallest absolute Gasteiger partial charge is 0.324 e. The molecule has 0 aliphatic heterocycles. The van der Waals surface area contributed by atoms with Gasteiger partial charge in [-0.3, -0.25) is 0 Å². The second kappa shape index (κ2) is 6.89. The standard InChI is InChI=1S/C20H16ClN7O2/c1-2-25-17-16(12-22-25)27-19(29)26(15-10-8-13(21)9-11-15)20(30)28(27)18(24-17)23-14-6-4-3-5-7-14/h3-12H,2H2,1H3,(H,23,24). The van der Waals surface area contributed by atoms with E-state index < -0.39 is 11.4 Å². The van der Waals surface area contributed by atoms with Gasteiger partial charge in [0.15, 0.2) is 5.65 Å². The van der Waals surface area contributed by atoms with Gasteiger partial charge in [-0.05, 0) is 43.3 Å². The molecule has 0 aliphatic carbocycles. The van der Waals surface area contributed by atoms with Crippen LogP contribution in [0.4, 0.5) is 11.6 Å². The Balaban J connectivity index is 1.88. The van der Waals surface area contributed by atoms with Gasteiger partial charge < -0.3 is 5.32 Å². The number of aryl methyl sites for hydroxylation is 1. The van der Waals surface area contributed by atoms with Gasteiger partial charge in [0.2, 0.25) is 5.95 Å². The van der Waals surface area contributed by atoms with Crippen molar-refractivity contribution in [3.8, 4) is 5.69 Å². The highest BCUT2D eigenvalue weighted by molar-refractivity contribution is 6.30. The van der Waals surface area contributed by atoms with E-state index in [2.05, 4.69) is 15.4 Å². The first-order chi connectivity index (χ1) is 14.6. The zero-order valence-corrected chi connectivity index (χ0v) is 16.6. The number of hydrogen-bond acceptors (Lipinski definition) is 5.